The second-order valence-electron chi connectivity index (χ2n) is 4.87. The first-order valence-electron chi connectivity index (χ1n) is 6.34. The highest BCUT2D eigenvalue weighted by Crippen LogP contribution is 2.23. The summed E-state index contributed by atoms with van der Waals surface area (Å²) < 4.78 is 13.9. The molecule has 0 spiro atoms. The highest BCUT2D eigenvalue weighted by atomic mass is 35.5. The number of hydrogen-bond acceptors (Lipinski definition) is 3. The number of rotatable bonds is 4. The predicted molar refractivity (Wildman–Crippen MR) is 78.9 cm³/mol. The molecule has 1 atom stereocenters. The van der Waals surface area contributed by atoms with E-state index in [4.69, 9.17) is 17.4 Å². The number of aryl methyl sites for hydroxylation is 2. The zero-order valence-electron chi connectivity index (χ0n) is 11.5. The maximum atomic E-state index is 13.9. The number of aromatic nitrogens is 1. The van der Waals surface area contributed by atoms with Crippen LogP contribution in [0.4, 0.5) is 4.39 Å². The van der Waals surface area contributed by atoms with E-state index >= 15 is 0 Å². The average molecular weight is 294 g/mol. The SMILES string of the molecule is Cc1cnc(C(Cc2ccc(Cl)cc2F)NN)c(C)c1. The molecule has 3 N–H and O–H groups in total. The lowest BCUT2D eigenvalue weighted by Crippen LogP contribution is -2.31. The number of nitrogens with zero attached hydrogens (tertiary/aromatic N) is 1. The van der Waals surface area contributed by atoms with Crippen LogP contribution in [0.5, 0.6) is 0 Å². The van der Waals surface area contributed by atoms with Crippen LogP contribution in [0.15, 0.2) is 30.5 Å². The standard InChI is InChI=1S/C15H17ClFN3/c1-9-5-10(2)15(19-8-9)14(20-18)6-11-3-4-12(16)7-13(11)17/h3-5,7-8,14,20H,6,18H2,1-2H3. The van der Waals surface area contributed by atoms with Crippen LogP contribution < -0.4 is 11.3 Å². The van der Waals surface area contributed by atoms with E-state index in [1.165, 1.54) is 6.07 Å². The maximum Gasteiger partial charge on any atom is 0.127 e. The summed E-state index contributed by atoms with van der Waals surface area (Å²) in [6, 6.07) is 6.44. The Hall–Kier alpha value is -1.49. The highest BCUT2D eigenvalue weighted by molar-refractivity contribution is 6.30. The number of pyridine rings is 1. The van der Waals surface area contributed by atoms with E-state index in [1.54, 1.807) is 18.3 Å². The molecule has 0 amide bonds. The Morgan fingerprint density at radius 2 is 2.10 bits per heavy atom. The normalized spacial score (nSPS) is 12.4. The average Bonchev–Trinajstić information content (AvgIpc) is 2.39. The molecule has 0 bridgehead atoms. The summed E-state index contributed by atoms with van der Waals surface area (Å²) in [5.74, 6) is 5.27. The second-order valence-corrected chi connectivity index (χ2v) is 5.31. The third-order valence-corrected chi connectivity index (χ3v) is 3.46. The molecule has 3 nitrogen and oxygen atoms in total. The molecule has 1 aromatic carbocycles. The van der Waals surface area contributed by atoms with Gasteiger partial charge in [0, 0.05) is 11.2 Å². The topological polar surface area (TPSA) is 50.9 Å². The maximum absolute atomic E-state index is 13.9. The Morgan fingerprint density at radius 3 is 2.70 bits per heavy atom. The van der Waals surface area contributed by atoms with Crippen molar-refractivity contribution in [2.45, 2.75) is 26.3 Å². The highest BCUT2D eigenvalue weighted by Gasteiger charge is 2.16. The molecule has 0 aliphatic carbocycles. The van der Waals surface area contributed by atoms with Gasteiger partial charge in [-0.05, 0) is 49.1 Å². The predicted octanol–water partition coefficient (Wildman–Crippen LogP) is 3.24. The minimum Gasteiger partial charge on any atom is -0.271 e. The Morgan fingerprint density at radius 1 is 1.35 bits per heavy atom. The van der Waals surface area contributed by atoms with Gasteiger partial charge in [-0.25, -0.2) is 4.39 Å². The van der Waals surface area contributed by atoms with Gasteiger partial charge in [0.2, 0.25) is 0 Å². The van der Waals surface area contributed by atoms with Crippen LogP contribution in [0.3, 0.4) is 0 Å². The zero-order chi connectivity index (χ0) is 14.7. The van der Waals surface area contributed by atoms with Crippen molar-refractivity contribution in [3.8, 4) is 0 Å². The lowest BCUT2D eigenvalue weighted by molar-refractivity contribution is 0.516. The first-order valence-corrected chi connectivity index (χ1v) is 6.72. The van der Waals surface area contributed by atoms with E-state index in [0.29, 0.717) is 17.0 Å². The molecule has 0 fully saturated rings. The molecular formula is C15H17ClFN3. The first-order chi connectivity index (χ1) is 9.51. The molecule has 0 aliphatic rings. The Bertz CT molecular complexity index is 616. The van der Waals surface area contributed by atoms with E-state index in [9.17, 15) is 4.39 Å². The molecule has 20 heavy (non-hydrogen) atoms. The Labute approximate surface area is 122 Å². The summed E-state index contributed by atoms with van der Waals surface area (Å²) in [5, 5.41) is 0.383. The Kier molecular flexibility index (Phi) is 4.70. The molecule has 1 aromatic heterocycles. The summed E-state index contributed by atoms with van der Waals surface area (Å²) in [7, 11) is 0. The van der Waals surface area contributed by atoms with Gasteiger partial charge >= 0.3 is 0 Å². The van der Waals surface area contributed by atoms with Gasteiger partial charge in [-0.2, -0.15) is 0 Å². The lowest BCUT2D eigenvalue weighted by atomic mass is 9.99. The molecule has 0 aliphatic heterocycles. The number of hydrogen-bond donors (Lipinski definition) is 2. The third-order valence-electron chi connectivity index (χ3n) is 3.23. The minimum absolute atomic E-state index is 0.244. The molecule has 0 saturated heterocycles. The van der Waals surface area contributed by atoms with Gasteiger partial charge in [0.1, 0.15) is 5.82 Å². The van der Waals surface area contributed by atoms with Crippen LogP contribution >= 0.6 is 11.6 Å². The van der Waals surface area contributed by atoms with Crippen LogP contribution in [-0.2, 0) is 6.42 Å². The van der Waals surface area contributed by atoms with Gasteiger partial charge in [-0.15, -0.1) is 0 Å². The van der Waals surface area contributed by atoms with Gasteiger partial charge < -0.3 is 0 Å². The largest absolute Gasteiger partial charge is 0.271 e. The third kappa shape index (κ3) is 3.33. The van der Waals surface area contributed by atoms with E-state index in [1.807, 2.05) is 19.9 Å². The fourth-order valence-corrected chi connectivity index (χ4v) is 2.39. The monoisotopic (exact) mass is 293 g/mol. The molecule has 2 rings (SSSR count). The van der Waals surface area contributed by atoms with E-state index in [0.717, 1.165) is 16.8 Å². The molecule has 1 unspecified atom stereocenters. The minimum atomic E-state index is -0.331. The van der Waals surface area contributed by atoms with Gasteiger partial charge in [-0.1, -0.05) is 23.7 Å². The second kappa shape index (κ2) is 6.31. The van der Waals surface area contributed by atoms with Crippen LogP contribution in [0.2, 0.25) is 5.02 Å². The van der Waals surface area contributed by atoms with Gasteiger partial charge in [-0.3, -0.25) is 16.3 Å². The van der Waals surface area contributed by atoms with Crippen LogP contribution in [0.1, 0.15) is 28.4 Å². The van der Waals surface area contributed by atoms with Crippen molar-refractivity contribution in [1.29, 1.82) is 0 Å². The fourth-order valence-electron chi connectivity index (χ4n) is 2.23. The number of halogens is 2. The van der Waals surface area contributed by atoms with Crippen LogP contribution in [0, 0.1) is 19.7 Å². The molecular weight excluding hydrogens is 277 g/mol. The van der Waals surface area contributed by atoms with Gasteiger partial charge in [0.15, 0.2) is 0 Å². The number of hydrazine groups is 1. The zero-order valence-corrected chi connectivity index (χ0v) is 12.2. The van der Waals surface area contributed by atoms with Crippen molar-refractivity contribution < 1.29 is 4.39 Å². The van der Waals surface area contributed by atoms with E-state index < -0.39 is 0 Å². The molecule has 0 radical (unpaired) electrons. The number of nitrogens with one attached hydrogen (secondary N) is 1. The quantitative estimate of drug-likeness (QED) is 0.672. The number of benzene rings is 1. The van der Waals surface area contributed by atoms with E-state index in [-0.39, 0.29) is 11.9 Å². The molecule has 2 aromatic rings. The smallest absolute Gasteiger partial charge is 0.127 e. The van der Waals surface area contributed by atoms with Crippen molar-refractivity contribution in [3.63, 3.8) is 0 Å². The van der Waals surface area contributed by atoms with Crippen molar-refractivity contribution in [2.24, 2.45) is 5.84 Å². The lowest BCUT2D eigenvalue weighted by Gasteiger charge is -2.18. The summed E-state index contributed by atoms with van der Waals surface area (Å²) in [4.78, 5) is 4.40. The van der Waals surface area contributed by atoms with Crippen LogP contribution in [-0.4, -0.2) is 4.98 Å². The van der Waals surface area contributed by atoms with Gasteiger partial charge in [0.05, 0.1) is 11.7 Å². The van der Waals surface area contributed by atoms with Gasteiger partial charge in [0.25, 0.3) is 0 Å². The van der Waals surface area contributed by atoms with Crippen molar-refractivity contribution >= 4 is 11.6 Å². The molecule has 106 valence electrons. The summed E-state index contributed by atoms with van der Waals surface area (Å²) in [6.45, 7) is 3.95. The first kappa shape index (κ1) is 14.9. The van der Waals surface area contributed by atoms with Crippen molar-refractivity contribution in [1.82, 2.24) is 10.4 Å². The Balaban J connectivity index is 2.28. The summed E-state index contributed by atoms with van der Waals surface area (Å²) in [5.41, 5.74) is 6.20. The van der Waals surface area contributed by atoms with Crippen molar-refractivity contribution in [2.75, 3.05) is 0 Å². The molecule has 0 saturated carbocycles. The summed E-state index contributed by atoms with van der Waals surface area (Å²) in [6.07, 6.45) is 2.20. The summed E-state index contributed by atoms with van der Waals surface area (Å²) >= 11 is 5.75. The van der Waals surface area contributed by atoms with E-state index in [2.05, 4.69) is 10.4 Å². The number of nitrogens with two attached hydrogens (primary N) is 1. The van der Waals surface area contributed by atoms with Crippen LogP contribution in [0.25, 0.3) is 0 Å². The molecule has 1 heterocycles. The molecule has 5 heteroatoms. The fraction of sp³-hybridized carbons (Fsp3) is 0.267. The van der Waals surface area contributed by atoms with Crippen molar-refractivity contribution in [3.05, 3.63) is 63.7 Å².